The molecule has 0 fully saturated rings. The van der Waals surface area contributed by atoms with Crippen LogP contribution in [0.25, 0.3) is 10.9 Å². The minimum Gasteiger partial charge on any atom is -0.480 e. The van der Waals surface area contributed by atoms with Gasteiger partial charge in [-0.2, -0.15) is 11.8 Å². The SMILES string of the molecule is CSCC[C@H](NC(=O)[C@H](C)NC(=O)[C@H](CC(C)C)NC(=O)[C@@H](N)C(C)C)C(=O)N[C@@H](Cc1ccccc1)C(=O)N[C@@H](Cc1ccccc1)C(=O)N[C@@H](Cc1c[nH]c2ccccc12)C(=O)N[C@@H](CC(C)C)C(=O)N[C@@H](CC(C)C)C(=O)O. The number of para-hydroxylation sites is 1. The average Bonchev–Trinajstić information content (AvgIpc) is 3.84. The van der Waals surface area contributed by atoms with Gasteiger partial charge < -0.3 is 58.4 Å². The van der Waals surface area contributed by atoms with Crippen LogP contribution in [-0.2, 0) is 62.4 Å². The Bertz CT molecular complexity index is 2720. The average molecular weight is 1140 g/mol. The molecule has 21 heteroatoms. The maximum atomic E-state index is 15.0. The van der Waals surface area contributed by atoms with E-state index >= 15 is 0 Å². The molecule has 8 amide bonds. The number of H-pyrrole nitrogens is 1. The van der Waals surface area contributed by atoms with E-state index in [1.165, 1.54) is 18.7 Å². The quantitative estimate of drug-likeness (QED) is 0.0322. The molecule has 12 N–H and O–H groups in total. The number of hydrogen-bond donors (Lipinski definition) is 11. The maximum absolute atomic E-state index is 15.0. The summed E-state index contributed by atoms with van der Waals surface area (Å²) in [5.41, 5.74) is 8.82. The Morgan fingerprint density at radius 2 is 0.852 bits per heavy atom. The molecule has 0 saturated heterocycles. The largest absolute Gasteiger partial charge is 0.480 e. The first kappa shape index (κ1) is 66.3. The van der Waals surface area contributed by atoms with Crippen LogP contribution in [-0.4, -0.2) is 130 Å². The van der Waals surface area contributed by atoms with Crippen LogP contribution in [0, 0.1) is 23.7 Å². The summed E-state index contributed by atoms with van der Waals surface area (Å²) >= 11 is 1.43. The van der Waals surface area contributed by atoms with Gasteiger partial charge in [-0.15, -0.1) is 0 Å². The number of aromatic nitrogens is 1. The number of nitrogens with two attached hydrogens (primary N) is 1. The zero-order valence-electron chi connectivity index (χ0n) is 48.4. The standard InChI is InChI=1S/C60H86N10O10S/c1-34(2)27-45(69-59(78)51(61)37(7)8)54(73)63-38(9)52(71)64-44(25-26-81-10)53(72)66-47(30-39-19-13-11-14-20-39)56(75)67-48(31-40-21-15-12-16-22-40)57(76)68-49(32-41-33-62-43-24-18-17-23-42(41)43)58(77)65-46(28-35(3)4)55(74)70-50(60(79)80)29-36(5)6/h11-24,33-38,44-51,62H,25-32,61H2,1-10H3,(H,63,73)(H,64,71)(H,65,77)(H,66,72)(H,67,75)(H,68,76)(H,69,78)(H,70,74)(H,79,80)/t38-,44-,45-,46-,47-,48-,49-,50-,51-/m0/s1. The molecule has 0 radical (unpaired) electrons. The third-order valence-electron chi connectivity index (χ3n) is 13.6. The van der Waals surface area contributed by atoms with E-state index < -0.39 is 108 Å². The fourth-order valence-corrected chi connectivity index (χ4v) is 9.53. The summed E-state index contributed by atoms with van der Waals surface area (Å²) in [5, 5.41) is 32.9. The Kier molecular flexibility index (Phi) is 26.9. The summed E-state index contributed by atoms with van der Waals surface area (Å²) < 4.78 is 0. The van der Waals surface area contributed by atoms with Gasteiger partial charge in [0, 0.05) is 36.4 Å². The molecule has 81 heavy (non-hydrogen) atoms. The van der Waals surface area contributed by atoms with Gasteiger partial charge in [0.05, 0.1) is 6.04 Å². The van der Waals surface area contributed by atoms with Gasteiger partial charge in [0.25, 0.3) is 0 Å². The molecule has 442 valence electrons. The lowest BCUT2D eigenvalue weighted by Gasteiger charge is -2.28. The Hall–Kier alpha value is -7.26. The highest BCUT2D eigenvalue weighted by molar-refractivity contribution is 7.98. The monoisotopic (exact) mass is 1140 g/mol. The lowest BCUT2D eigenvalue weighted by molar-refractivity contribution is -0.143. The van der Waals surface area contributed by atoms with Crippen molar-refractivity contribution in [1.82, 2.24) is 47.5 Å². The van der Waals surface area contributed by atoms with Crippen LogP contribution in [0.15, 0.2) is 91.1 Å². The predicted octanol–water partition coefficient (Wildman–Crippen LogP) is 4.05. The second-order valence-electron chi connectivity index (χ2n) is 22.4. The van der Waals surface area contributed by atoms with Crippen molar-refractivity contribution in [2.75, 3.05) is 12.0 Å². The van der Waals surface area contributed by atoms with Crippen LogP contribution in [0.3, 0.4) is 0 Å². The van der Waals surface area contributed by atoms with Gasteiger partial charge in [0.2, 0.25) is 47.3 Å². The first-order valence-electron chi connectivity index (χ1n) is 27.9. The molecule has 3 aromatic carbocycles. The number of benzene rings is 3. The molecule has 20 nitrogen and oxygen atoms in total. The van der Waals surface area contributed by atoms with Gasteiger partial charge in [0.1, 0.15) is 48.3 Å². The van der Waals surface area contributed by atoms with Gasteiger partial charge in [0.15, 0.2) is 0 Å². The number of thioether (sulfide) groups is 1. The molecular formula is C60H86N10O10S. The minimum atomic E-state index is -1.35. The highest BCUT2D eigenvalue weighted by Gasteiger charge is 2.36. The number of hydrogen-bond acceptors (Lipinski definition) is 11. The number of nitrogens with one attached hydrogen (secondary N) is 9. The van der Waals surface area contributed by atoms with Crippen molar-refractivity contribution in [3.63, 3.8) is 0 Å². The van der Waals surface area contributed by atoms with Crippen molar-refractivity contribution < 1.29 is 48.3 Å². The molecule has 0 saturated carbocycles. The van der Waals surface area contributed by atoms with E-state index in [2.05, 4.69) is 47.5 Å². The van der Waals surface area contributed by atoms with Crippen LogP contribution in [0.2, 0.25) is 0 Å². The number of fused-ring (bicyclic) bond motifs is 1. The Labute approximate surface area is 480 Å². The molecule has 0 bridgehead atoms. The predicted molar refractivity (Wildman–Crippen MR) is 315 cm³/mol. The van der Waals surface area contributed by atoms with E-state index in [0.29, 0.717) is 22.4 Å². The number of carbonyl (C=O) groups is 9. The normalized spacial score (nSPS) is 14.8. The van der Waals surface area contributed by atoms with E-state index in [9.17, 15) is 48.3 Å². The Morgan fingerprint density at radius 1 is 0.469 bits per heavy atom. The smallest absolute Gasteiger partial charge is 0.326 e. The van der Waals surface area contributed by atoms with Crippen LogP contribution in [0.5, 0.6) is 0 Å². The lowest BCUT2D eigenvalue weighted by Crippen LogP contribution is -2.61. The fourth-order valence-electron chi connectivity index (χ4n) is 9.06. The second-order valence-corrected chi connectivity index (χ2v) is 23.4. The number of aromatic amines is 1. The molecule has 0 aliphatic heterocycles. The minimum absolute atomic E-state index is 0.00529. The molecule has 0 spiro atoms. The number of carboxylic acids is 1. The van der Waals surface area contributed by atoms with Gasteiger partial charge in [-0.1, -0.05) is 134 Å². The molecule has 4 rings (SSSR count). The van der Waals surface area contributed by atoms with Crippen LogP contribution in [0.1, 0.15) is 105 Å². The third-order valence-corrected chi connectivity index (χ3v) is 14.2. The second kappa shape index (κ2) is 32.9. The van der Waals surface area contributed by atoms with Crippen LogP contribution < -0.4 is 48.3 Å². The van der Waals surface area contributed by atoms with Gasteiger partial charge in [-0.25, -0.2) is 4.79 Å². The van der Waals surface area contributed by atoms with Crippen LogP contribution in [0.4, 0.5) is 0 Å². The number of aliphatic carboxylic acids is 1. The maximum Gasteiger partial charge on any atom is 0.326 e. The fraction of sp³-hybridized carbons (Fsp3) is 0.517. The molecule has 0 aliphatic carbocycles. The van der Waals surface area contributed by atoms with E-state index in [4.69, 9.17) is 5.73 Å². The summed E-state index contributed by atoms with van der Waals surface area (Å²) in [6, 6.07) is 14.6. The number of rotatable bonds is 33. The summed E-state index contributed by atoms with van der Waals surface area (Å²) in [4.78, 5) is 129. The molecule has 0 aliphatic rings. The van der Waals surface area contributed by atoms with Crippen molar-refractivity contribution in [2.45, 2.75) is 162 Å². The summed E-state index contributed by atoms with van der Waals surface area (Å²) in [6.45, 7) is 16.2. The van der Waals surface area contributed by atoms with Crippen LogP contribution >= 0.6 is 11.8 Å². The van der Waals surface area contributed by atoms with Crippen molar-refractivity contribution in [2.24, 2.45) is 29.4 Å². The lowest BCUT2D eigenvalue weighted by atomic mass is 9.98. The van der Waals surface area contributed by atoms with Gasteiger partial charge in [-0.05, 0) is 91.0 Å². The first-order chi connectivity index (χ1) is 38.4. The van der Waals surface area contributed by atoms with Crippen molar-refractivity contribution >= 4 is 75.9 Å². The third kappa shape index (κ3) is 22.0. The van der Waals surface area contributed by atoms with Crippen molar-refractivity contribution in [3.05, 3.63) is 108 Å². The molecule has 9 atom stereocenters. The molecule has 0 unspecified atom stereocenters. The van der Waals surface area contributed by atoms with E-state index in [1.54, 1.807) is 80.7 Å². The summed E-state index contributed by atoms with van der Waals surface area (Å²) in [7, 11) is 0. The van der Waals surface area contributed by atoms with E-state index in [0.717, 1.165) is 10.9 Å². The molecule has 1 aromatic heterocycles. The van der Waals surface area contributed by atoms with Crippen molar-refractivity contribution in [3.8, 4) is 0 Å². The van der Waals surface area contributed by atoms with E-state index in [1.807, 2.05) is 72.1 Å². The summed E-state index contributed by atoms with van der Waals surface area (Å²) in [6.07, 6.45) is 4.10. The number of carboxylic acid groups (broad SMARTS) is 1. The number of carbonyl (C=O) groups excluding carboxylic acids is 8. The number of amides is 8. The molecule has 4 aromatic rings. The first-order valence-corrected chi connectivity index (χ1v) is 29.3. The zero-order valence-corrected chi connectivity index (χ0v) is 49.2. The van der Waals surface area contributed by atoms with Gasteiger partial charge >= 0.3 is 5.97 Å². The van der Waals surface area contributed by atoms with Gasteiger partial charge in [-0.3, -0.25) is 38.4 Å². The highest BCUT2D eigenvalue weighted by Crippen LogP contribution is 2.20. The van der Waals surface area contributed by atoms with E-state index in [-0.39, 0.29) is 68.6 Å². The summed E-state index contributed by atoms with van der Waals surface area (Å²) in [5.74, 6) is -6.63. The van der Waals surface area contributed by atoms with Crippen molar-refractivity contribution in [1.29, 1.82) is 0 Å². The molecule has 1 heterocycles. The highest BCUT2D eigenvalue weighted by atomic mass is 32.2. The topological polar surface area (TPSA) is 312 Å². The Morgan fingerprint density at radius 3 is 1.32 bits per heavy atom. The molecular weight excluding hydrogens is 1050 g/mol. The Balaban J connectivity index is 1.67. The zero-order chi connectivity index (χ0) is 59.9.